The van der Waals surface area contributed by atoms with Gasteiger partial charge in [0.2, 0.25) is 11.0 Å². The Hall–Kier alpha value is -1.89. The number of aromatic nitrogens is 2. The first-order valence-electron chi connectivity index (χ1n) is 8.22. The Morgan fingerprint density at radius 2 is 2.00 bits per heavy atom. The number of thioether (sulfide) groups is 1. The number of carbonyl (C=O) groups excluding carboxylic acids is 1. The number of anilines is 1. The molecule has 0 radical (unpaired) electrons. The molecule has 3 aromatic rings. The second-order valence-corrected chi connectivity index (χ2v) is 8.29. The molecule has 0 aliphatic rings. The third-order valence-electron chi connectivity index (χ3n) is 3.81. The molecule has 0 spiro atoms. The van der Waals surface area contributed by atoms with Gasteiger partial charge in [0.1, 0.15) is 0 Å². The van der Waals surface area contributed by atoms with Crippen LogP contribution in [0.2, 0.25) is 5.02 Å². The summed E-state index contributed by atoms with van der Waals surface area (Å²) >= 11 is 8.96. The first kappa shape index (κ1) is 18.9. The maximum atomic E-state index is 12.6. The van der Waals surface area contributed by atoms with Crippen molar-refractivity contribution >= 4 is 45.7 Å². The second kappa shape index (κ2) is 9.16. The maximum Gasteiger partial charge on any atom is 0.233 e. The predicted octanol–water partition coefficient (Wildman–Crippen LogP) is 5.62. The molecule has 7 heteroatoms. The predicted molar refractivity (Wildman–Crippen MR) is 109 cm³/mol. The van der Waals surface area contributed by atoms with Gasteiger partial charge in [-0.25, -0.2) is 0 Å². The number of carbonyl (C=O) groups is 1. The summed E-state index contributed by atoms with van der Waals surface area (Å²) in [5.74, 6) is 0.508. The highest BCUT2D eigenvalue weighted by atomic mass is 35.5. The lowest BCUT2D eigenvalue weighted by atomic mass is 9.96. The zero-order valence-electron chi connectivity index (χ0n) is 14.2. The van der Waals surface area contributed by atoms with E-state index in [4.69, 9.17) is 11.6 Å². The van der Waals surface area contributed by atoms with Crippen molar-refractivity contribution in [3.8, 4) is 0 Å². The summed E-state index contributed by atoms with van der Waals surface area (Å²) in [4.78, 5) is 12.6. The molecule has 2 aromatic carbocycles. The van der Waals surface area contributed by atoms with E-state index in [2.05, 4.69) is 15.5 Å². The van der Waals surface area contributed by atoms with Crippen LogP contribution in [0.1, 0.15) is 30.4 Å². The number of hydrogen-bond donors (Lipinski definition) is 1. The van der Waals surface area contributed by atoms with E-state index in [-0.39, 0.29) is 11.8 Å². The van der Waals surface area contributed by atoms with E-state index in [0.29, 0.717) is 5.13 Å². The minimum Gasteiger partial charge on any atom is -0.300 e. The minimum absolute atomic E-state index is 0.0544. The summed E-state index contributed by atoms with van der Waals surface area (Å²) in [7, 11) is 0. The summed E-state index contributed by atoms with van der Waals surface area (Å²) in [5, 5.41) is 12.4. The van der Waals surface area contributed by atoms with E-state index >= 15 is 0 Å². The van der Waals surface area contributed by atoms with Crippen molar-refractivity contribution < 1.29 is 4.79 Å². The van der Waals surface area contributed by atoms with Crippen LogP contribution in [0.4, 0.5) is 5.13 Å². The van der Waals surface area contributed by atoms with Crippen LogP contribution in [0.5, 0.6) is 0 Å². The van der Waals surface area contributed by atoms with Crippen LogP contribution < -0.4 is 5.32 Å². The number of halogens is 1. The Kier molecular flexibility index (Phi) is 6.66. The molecule has 0 saturated carbocycles. The number of nitrogens with zero attached hydrogens (tertiary/aromatic N) is 2. The van der Waals surface area contributed by atoms with Crippen LogP contribution >= 0.6 is 34.7 Å². The van der Waals surface area contributed by atoms with Crippen molar-refractivity contribution in [3.63, 3.8) is 0 Å². The Morgan fingerprint density at radius 3 is 2.73 bits per heavy atom. The number of nitrogens with one attached hydrogen (secondary N) is 1. The molecule has 1 unspecified atom stereocenters. The molecule has 0 aliphatic heterocycles. The van der Waals surface area contributed by atoms with Crippen molar-refractivity contribution in [2.75, 3.05) is 5.32 Å². The van der Waals surface area contributed by atoms with Gasteiger partial charge in [-0.1, -0.05) is 84.1 Å². The molecule has 26 heavy (non-hydrogen) atoms. The van der Waals surface area contributed by atoms with Crippen LogP contribution in [0, 0.1) is 0 Å². The van der Waals surface area contributed by atoms with Gasteiger partial charge in [0.25, 0.3) is 0 Å². The minimum atomic E-state index is -0.192. The summed E-state index contributed by atoms with van der Waals surface area (Å²) in [6, 6.07) is 17.5. The van der Waals surface area contributed by atoms with E-state index in [1.165, 1.54) is 11.3 Å². The molecular formula is C19H18ClN3OS2. The molecule has 134 valence electrons. The van der Waals surface area contributed by atoms with Crippen LogP contribution in [0.25, 0.3) is 0 Å². The van der Waals surface area contributed by atoms with Gasteiger partial charge in [0, 0.05) is 10.8 Å². The molecule has 4 nitrogen and oxygen atoms in total. The van der Waals surface area contributed by atoms with Gasteiger partial charge in [-0.3, -0.25) is 10.1 Å². The molecule has 3 rings (SSSR count). The van der Waals surface area contributed by atoms with Gasteiger partial charge >= 0.3 is 0 Å². The standard InChI is InChI=1S/C19H18ClN3OS2/c1-2-16(14-8-4-3-5-9-14)17(24)21-18-22-23-19(26-18)25-12-13-7-6-10-15(20)11-13/h3-11,16H,2,12H2,1H3,(H,21,22,24). The smallest absolute Gasteiger partial charge is 0.233 e. The number of amides is 1. The number of hydrogen-bond acceptors (Lipinski definition) is 5. The fourth-order valence-electron chi connectivity index (χ4n) is 2.54. The van der Waals surface area contributed by atoms with Crippen LogP contribution in [0.15, 0.2) is 58.9 Å². The highest BCUT2D eigenvalue weighted by Gasteiger charge is 2.20. The van der Waals surface area contributed by atoms with Gasteiger partial charge in [0.15, 0.2) is 4.34 Å². The molecule has 0 bridgehead atoms. The Balaban J connectivity index is 1.60. The normalized spacial score (nSPS) is 11.9. The fraction of sp³-hybridized carbons (Fsp3) is 0.211. The molecule has 1 amide bonds. The van der Waals surface area contributed by atoms with E-state index in [1.807, 2.05) is 61.5 Å². The molecular weight excluding hydrogens is 386 g/mol. The second-order valence-electron chi connectivity index (χ2n) is 5.65. The summed E-state index contributed by atoms with van der Waals surface area (Å²) in [5.41, 5.74) is 2.13. The Bertz CT molecular complexity index is 870. The molecule has 0 fully saturated rings. The lowest BCUT2D eigenvalue weighted by molar-refractivity contribution is -0.117. The topological polar surface area (TPSA) is 54.9 Å². The van der Waals surface area contributed by atoms with Gasteiger partial charge in [-0.15, -0.1) is 10.2 Å². The van der Waals surface area contributed by atoms with Gasteiger partial charge in [0.05, 0.1) is 5.92 Å². The van der Waals surface area contributed by atoms with Crippen LogP contribution in [-0.2, 0) is 10.5 Å². The van der Waals surface area contributed by atoms with E-state index in [9.17, 15) is 4.79 Å². The molecule has 1 atom stereocenters. The zero-order valence-corrected chi connectivity index (χ0v) is 16.6. The van der Waals surface area contributed by atoms with E-state index in [1.54, 1.807) is 11.8 Å². The number of rotatable bonds is 7. The summed E-state index contributed by atoms with van der Waals surface area (Å²) < 4.78 is 0.813. The van der Waals surface area contributed by atoms with Gasteiger partial charge < -0.3 is 0 Å². The van der Waals surface area contributed by atoms with Crippen LogP contribution in [-0.4, -0.2) is 16.1 Å². The lowest BCUT2D eigenvalue weighted by Gasteiger charge is -2.13. The molecule has 1 heterocycles. The molecule has 0 saturated heterocycles. The van der Waals surface area contributed by atoms with Gasteiger partial charge in [-0.05, 0) is 29.7 Å². The van der Waals surface area contributed by atoms with Crippen LogP contribution in [0.3, 0.4) is 0 Å². The largest absolute Gasteiger partial charge is 0.300 e. The Morgan fingerprint density at radius 1 is 1.19 bits per heavy atom. The zero-order chi connectivity index (χ0) is 18.4. The highest BCUT2D eigenvalue weighted by Crippen LogP contribution is 2.30. The first-order valence-corrected chi connectivity index (χ1v) is 10.4. The molecule has 1 aromatic heterocycles. The van der Waals surface area contributed by atoms with Gasteiger partial charge in [-0.2, -0.15) is 0 Å². The molecule has 0 aliphatic carbocycles. The highest BCUT2D eigenvalue weighted by molar-refractivity contribution is 8.00. The van der Waals surface area contributed by atoms with Crippen molar-refractivity contribution in [1.82, 2.24) is 10.2 Å². The third-order valence-corrected chi connectivity index (χ3v) is 6.09. The average Bonchev–Trinajstić information content (AvgIpc) is 3.09. The summed E-state index contributed by atoms with van der Waals surface area (Å²) in [6.07, 6.45) is 0.727. The number of benzene rings is 2. The van der Waals surface area contributed by atoms with Crippen molar-refractivity contribution in [2.24, 2.45) is 0 Å². The SMILES string of the molecule is CCC(C(=O)Nc1nnc(SCc2cccc(Cl)c2)s1)c1ccccc1. The van der Waals surface area contributed by atoms with Crippen molar-refractivity contribution in [1.29, 1.82) is 0 Å². The molecule has 1 N–H and O–H groups in total. The van der Waals surface area contributed by atoms with E-state index < -0.39 is 0 Å². The fourth-order valence-corrected chi connectivity index (χ4v) is 4.45. The quantitative estimate of drug-likeness (QED) is 0.411. The average molecular weight is 404 g/mol. The lowest BCUT2D eigenvalue weighted by Crippen LogP contribution is -2.20. The first-order chi connectivity index (χ1) is 12.7. The monoisotopic (exact) mass is 403 g/mol. The van der Waals surface area contributed by atoms with Crippen molar-refractivity contribution in [3.05, 3.63) is 70.7 Å². The van der Waals surface area contributed by atoms with E-state index in [0.717, 1.165) is 32.7 Å². The van der Waals surface area contributed by atoms with Crippen molar-refractivity contribution in [2.45, 2.75) is 29.4 Å². The maximum absolute atomic E-state index is 12.6. The third kappa shape index (κ3) is 5.06. The summed E-state index contributed by atoms with van der Waals surface area (Å²) in [6.45, 7) is 2.00. The Labute approximate surface area is 166 Å².